The van der Waals surface area contributed by atoms with Gasteiger partial charge in [-0.25, -0.2) is 4.79 Å². The molecule has 0 aliphatic carbocycles. The van der Waals surface area contributed by atoms with Crippen LogP contribution in [0.2, 0.25) is 5.02 Å². The van der Waals surface area contributed by atoms with E-state index in [1.54, 1.807) is 29.2 Å². The van der Waals surface area contributed by atoms with Crippen LogP contribution in [0.15, 0.2) is 24.3 Å². The number of carbonyl (C=O) groups is 1. The summed E-state index contributed by atoms with van der Waals surface area (Å²) in [5.74, 6) is 0. The number of halogens is 1. The summed E-state index contributed by atoms with van der Waals surface area (Å²) in [6.45, 7) is 0.468. The standard InChI is InChI=1S/C12H14ClNO3/c13-9-1-3-10(4-2-9)14-11(5-7-15)6-8-17-12(14)16/h1-4,11,15H,5-8H2. The molecule has 1 saturated heterocycles. The fourth-order valence-corrected chi connectivity index (χ4v) is 2.10. The van der Waals surface area contributed by atoms with Gasteiger partial charge in [-0.2, -0.15) is 0 Å². The van der Waals surface area contributed by atoms with E-state index >= 15 is 0 Å². The van der Waals surface area contributed by atoms with Crippen LogP contribution in [0.25, 0.3) is 0 Å². The van der Waals surface area contributed by atoms with E-state index in [-0.39, 0.29) is 18.7 Å². The van der Waals surface area contributed by atoms with Crippen molar-refractivity contribution in [2.75, 3.05) is 18.1 Å². The Kier molecular flexibility index (Phi) is 3.86. The second-order valence-electron chi connectivity index (χ2n) is 3.92. The molecule has 92 valence electrons. The molecule has 1 aromatic rings. The molecular weight excluding hydrogens is 242 g/mol. The van der Waals surface area contributed by atoms with E-state index in [0.29, 0.717) is 18.1 Å². The molecule has 1 amide bonds. The van der Waals surface area contributed by atoms with E-state index in [2.05, 4.69) is 0 Å². The lowest BCUT2D eigenvalue weighted by Crippen LogP contribution is -2.46. The Hall–Kier alpha value is -1.26. The number of anilines is 1. The normalized spacial score (nSPS) is 20.2. The quantitative estimate of drug-likeness (QED) is 0.903. The van der Waals surface area contributed by atoms with Crippen LogP contribution in [0.5, 0.6) is 0 Å². The van der Waals surface area contributed by atoms with Gasteiger partial charge >= 0.3 is 6.09 Å². The highest BCUT2D eigenvalue weighted by Gasteiger charge is 2.30. The van der Waals surface area contributed by atoms with E-state index in [4.69, 9.17) is 21.4 Å². The van der Waals surface area contributed by atoms with Gasteiger partial charge in [-0.1, -0.05) is 11.6 Å². The molecule has 1 fully saturated rings. The number of nitrogens with zero attached hydrogens (tertiary/aromatic N) is 1. The number of cyclic esters (lactones) is 1. The van der Waals surface area contributed by atoms with Gasteiger partial charge in [0.25, 0.3) is 0 Å². The number of amides is 1. The summed E-state index contributed by atoms with van der Waals surface area (Å²) in [4.78, 5) is 13.3. The minimum Gasteiger partial charge on any atom is -0.449 e. The van der Waals surface area contributed by atoms with Crippen molar-refractivity contribution >= 4 is 23.4 Å². The fraction of sp³-hybridized carbons (Fsp3) is 0.417. The first kappa shape index (κ1) is 12.2. The molecule has 1 aromatic carbocycles. The first-order chi connectivity index (χ1) is 8.22. The number of aliphatic hydroxyl groups is 1. The summed E-state index contributed by atoms with van der Waals surface area (Å²) in [6, 6.07) is 7.00. The molecule has 0 radical (unpaired) electrons. The number of aliphatic hydroxyl groups excluding tert-OH is 1. The molecule has 1 N–H and O–H groups in total. The van der Waals surface area contributed by atoms with E-state index in [1.807, 2.05) is 0 Å². The smallest absolute Gasteiger partial charge is 0.414 e. The van der Waals surface area contributed by atoms with Crippen LogP contribution in [-0.4, -0.2) is 30.5 Å². The highest BCUT2D eigenvalue weighted by molar-refractivity contribution is 6.30. The van der Waals surface area contributed by atoms with Gasteiger partial charge in [0.1, 0.15) is 0 Å². The predicted octanol–water partition coefficient (Wildman–Crippen LogP) is 2.44. The van der Waals surface area contributed by atoms with Crippen molar-refractivity contribution in [3.05, 3.63) is 29.3 Å². The molecule has 1 aliphatic heterocycles. The van der Waals surface area contributed by atoms with Crippen LogP contribution in [0.3, 0.4) is 0 Å². The van der Waals surface area contributed by atoms with Crippen LogP contribution in [-0.2, 0) is 4.74 Å². The zero-order valence-corrected chi connectivity index (χ0v) is 10.1. The molecule has 17 heavy (non-hydrogen) atoms. The van der Waals surface area contributed by atoms with Gasteiger partial charge in [-0.3, -0.25) is 4.90 Å². The highest BCUT2D eigenvalue weighted by Crippen LogP contribution is 2.26. The van der Waals surface area contributed by atoms with E-state index < -0.39 is 0 Å². The zero-order valence-electron chi connectivity index (χ0n) is 9.30. The minimum absolute atomic E-state index is 0.0116. The average molecular weight is 256 g/mol. The maximum atomic E-state index is 11.8. The molecule has 5 heteroatoms. The third-order valence-electron chi connectivity index (χ3n) is 2.81. The number of hydrogen-bond donors (Lipinski definition) is 1. The maximum absolute atomic E-state index is 11.8. The monoisotopic (exact) mass is 255 g/mol. The number of carbonyl (C=O) groups excluding carboxylic acids is 1. The van der Waals surface area contributed by atoms with Gasteiger partial charge in [-0.15, -0.1) is 0 Å². The average Bonchev–Trinajstić information content (AvgIpc) is 2.32. The first-order valence-electron chi connectivity index (χ1n) is 5.55. The zero-order chi connectivity index (χ0) is 12.3. The Labute approximate surface area is 105 Å². The Balaban J connectivity index is 2.24. The third-order valence-corrected chi connectivity index (χ3v) is 3.06. The number of rotatable bonds is 3. The molecule has 1 unspecified atom stereocenters. The Bertz CT molecular complexity index is 391. The van der Waals surface area contributed by atoms with Crippen molar-refractivity contribution in [2.24, 2.45) is 0 Å². The summed E-state index contributed by atoms with van der Waals surface area (Å²) >= 11 is 5.81. The molecule has 4 nitrogen and oxygen atoms in total. The van der Waals surface area contributed by atoms with Crippen molar-refractivity contribution in [3.8, 4) is 0 Å². The Morgan fingerprint density at radius 2 is 2.12 bits per heavy atom. The largest absolute Gasteiger partial charge is 0.449 e. The lowest BCUT2D eigenvalue weighted by molar-refractivity contribution is 0.124. The summed E-state index contributed by atoms with van der Waals surface area (Å²) < 4.78 is 5.02. The summed E-state index contributed by atoms with van der Waals surface area (Å²) in [7, 11) is 0. The molecule has 1 atom stereocenters. The van der Waals surface area contributed by atoms with Crippen molar-refractivity contribution < 1.29 is 14.6 Å². The van der Waals surface area contributed by atoms with Crippen LogP contribution >= 0.6 is 11.6 Å². The molecule has 0 bridgehead atoms. The van der Waals surface area contributed by atoms with Crippen molar-refractivity contribution in [3.63, 3.8) is 0 Å². The van der Waals surface area contributed by atoms with E-state index in [1.165, 1.54) is 0 Å². The van der Waals surface area contributed by atoms with Crippen molar-refractivity contribution in [1.29, 1.82) is 0 Å². The highest BCUT2D eigenvalue weighted by atomic mass is 35.5. The van der Waals surface area contributed by atoms with Crippen LogP contribution in [0, 0.1) is 0 Å². The van der Waals surface area contributed by atoms with E-state index in [0.717, 1.165) is 12.1 Å². The molecular formula is C12H14ClNO3. The third kappa shape index (κ3) is 2.70. The SMILES string of the molecule is O=C1OCCC(CCO)N1c1ccc(Cl)cc1. The summed E-state index contributed by atoms with van der Waals surface area (Å²) in [5, 5.41) is 9.64. The molecule has 1 aliphatic rings. The fourth-order valence-electron chi connectivity index (χ4n) is 1.97. The van der Waals surface area contributed by atoms with Gasteiger partial charge in [0.2, 0.25) is 0 Å². The topological polar surface area (TPSA) is 49.8 Å². The molecule has 0 spiro atoms. The number of benzene rings is 1. The predicted molar refractivity (Wildman–Crippen MR) is 65.4 cm³/mol. The van der Waals surface area contributed by atoms with Gasteiger partial charge in [0.15, 0.2) is 0 Å². The summed E-state index contributed by atoms with van der Waals surface area (Å²) in [6.07, 6.45) is 0.921. The van der Waals surface area contributed by atoms with Crippen LogP contribution < -0.4 is 4.90 Å². The van der Waals surface area contributed by atoms with Crippen molar-refractivity contribution in [2.45, 2.75) is 18.9 Å². The Morgan fingerprint density at radius 1 is 1.41 bits per heavy atom. The lowest BCUT2D eigenvalue weighted by atomic mass is 10.1. The second-order valence-corrected chi connectivity index (χ2v) is 4.35. The molecule has 1 heterocycles. The Morgan fingerprint density at radius 3 is 2.76 bits per heavy atom. The van der Waals surface area contributed by atoms with Crippen LogP contribution in [0.4, 0.5) is 10.5 Å². The van der Waals surface area contributed by atoms with Crippen molar-refractivity contribution in [1.82, 2.24) is 0 Å². The number of ether oxygens (including phenoxy) is 1. The first-order valence-corrected chi connectivity index (χ1v) is 5.92. The van der Waals surface area contributed by atoms with E-state index in [9.17, 15) is 4.79 Å². The summed E-state index contributed by atoms with van der Waals surface area (Å²) in [5.41, 5.74) is 0.748. The second kappa shape index (κ2) is 5.38. The maximum Gasteiger partial charge on any atom is 0.414 e. The number of hydrogen-bond acceptors (Lipinski definition) is 3. The van der Waals surface area contributed by atoms with Gasteiger partial charge in [0, 0.05) is 29.8 Å². The minimum atomic E-state index is -0.364. The lowest BCUT2D eigenvalue weighted by Gasteiger charge is -2.34. The van der Waals surface area contributed by atoms with Gasteiger partial charge < -0.3 is 9.84 Å². The van der Waals surface area contributed by atoms with Gasteiger partial charge in [-0.05, 0) is 30.7 Å². The van der Waals surface area contributed by atoms with Gasteiger partial charge in [0.05, 0.1) is 6.61 Å². The molecule has 0 saturated carbocycles. The molecule has 0 aromatic heterocycles. The van der Waals surface area contributed by atoms with Crippen LogP contribution in [0.1, 0.15) is 12.8 Å². The molecule has 2 rings (SSSR count).